The van der Waals surface area contributed by atoms with Crippen LogP contribution < -0.4 is 5.32 Å². The molecule has 0 saturated carbocycles. The monoisotopic (exact) mass is 314 g/mol. The molecule has 1 N–H and O–H groups in total. The van der Waals surface area contributed by atoms with E-state index in [0.717, 1.165) is 32.1 Å². The third kappa shape index (κ3) is 4.11. The number of halogens is 2. The van der Waals surface area contributed by atoms with E-state index in [0.29, 0.717) is 16.1 Å². The Morgan fingerprint density at radius 2 is 1.95 bits per heavy atom. The molecule has 1 atom stereocenters. The fourth-order valence-corrected chi connectivity index (χ4v) is 3.18. The van der Waals surface area contributed by atoms with Crippen LogP contribution in [0.25, 0.3) is 0 Å². The summed E-state index contributed by atoms with van der Waals surface area (Å²) in [6.45, 7) is 8.98. The highest BCUT2D eigenvalue weighted by Crippen LogP contribution is 2.30. The van der Waals surface area contributed by atoms with Crippen LogP contribution >= 0.6 is 23.2 Å². The van der Waals surface area contributed by atoms with Crippen molar-refractivity contribution in [1.82, 2.24) is 10.2 Å². The second-order valence-electron chi connectivity index (χ2n) is 5.64. The first-order valence-electron chi connectivity index (χ1n) is 7.51. The topological polar surface area (TPSA) is 15.3 Å². The van der Waals surface area contributed by atoms with Gasteiger partial charge in [-0.2, -0.15) is 0 Å². The van der Waals surface area contributed by atoms with Crippen LogP contribution in [-0.4, -0.2) is 31.1 Å². The molecule has 0 spiro atoms. The lowest BCUT2D eigenvalue weighted by molar-refractivity contribution is 0.140. The number of benzene rings is 1. The van der Waals surface area contributed by atoms with Crippen LogP contribution in [0.3, 0.4) is 0 Å². The predicted molar refractivity (Wildman–Crippen MR) is 87.7 cm³/mol. The zero-order valence-electron chi connectivity index (χ0n) is 12.3. The molecular formula is C16H24Cl2N2. The summed E-state index contributed by atoms with van der Waals surface area (Å²) in [7, 11) is 0. The van der Waals surface area contributed by atoms with E-state index >= 15 is 0 Å². The second kappa shape index (κ2) is 7.65. The highest BCUT2D eigenvalue weighted by molar-refractivity contribution is 6.42. The van der Waals surface area contributed by atoms with Crippen molar-refractivity contribution in [2.45, 2.75) is 32.7 Å². The highest BCUT2D eigenvalue weighted by atomic mass is 35.5. The zero-order valence-corrected chi connectivity index (χ0v) is 13.8. The third-order valence-corrected chi connectivity index (χ3v) is 5.04. The van der Waals surface area contributed by atoms with Crippen LogP contribution in [0.15, 0.2) is 18.2 Å². The van der Waals surface area contributed by atoms with Gasteiger partial charge in [-0.1, -0.05) is 36.2 Å². The molecule has 2 rings (SSSR count). The van der Waals surface area contributed by atoms with Crippen molar-refractivity contribution in [1.29, 1.82) is 0 Å². The molecule has 2 nitrogen and oxygen atoms in total. The summed E-state index contributed by atoms with van der Waals surface area (Å²) < 4.78 is 0. The van der Waals surface area contributed by atoms with Crippen LogP contribution in [0.2, 0.25) is 10.0 Å². The van der Waals surface area contributed by atoms with E-state index in [9.17, 15) is 0 Å². The Bertz CT molecular complexity index is 428. The lowest BCUT2D eigenvalue weighted by Gasteiger charge is -2.36. The second-order valence-corrected chi connectivity index (χ2v) is 6.45. The molecule has 1 heterocycles. The van der Waals surface area contributed by atoms with Crippen LogP contribution in [0, 0.1) is 5.92 Å². The molecule has 0 bridgehead atoms. The lowest BCUT2D eigenvalue weighted by Crippen LogP contribution is -2.38. The van der Waals surface area contributed by atoms with Gasteiger partial charge in [-0.3, -0.25) is 4.90 Å². The van der Waals surface area contributed by atoms with Gasteiger partial charge in [-0.15, -0.1) is 0 Å². The number of nitrogens with one attached hydrogen (secondary N) is 1. The number of nitrogens with zero attached hydrogens (tertiary/aromatic N) is 1. The standard InChI is InChI=1S/C16H24Cl2N2/c1-3-19-11-13-6-8-20(9-7-13)12(2)14-4-5-15(17)16(18)10-14/h4-5,10,12-13,19H,3,6-9,11H2,1-2H3. The van der Waals surface area contributed by atoms with Gasteiger partial charge in [0, 0.05) is 6.04 Å². The van der Waals surface area contributed by atoms with Crippen molar-refractivity contribution in [3.63, 3.8) is 0 Å². The summed E-state index contributed by atoms with van der Waals surface area (Å²) in [5, 5.41) is 4.74. The van der Waals surface area contributed by atoms with Gasteiger partial charge in [-0.05, 0) is 69.6 Å². The maximum atomic E-state index is 6.12. The molecule has 4 heteroatoms. The molecule has 20 heavy (non-hydrogen) atoms. The van der Waals surface area contributed by atoms with Crippen molar-refractivity contribution in [2.75, 3.05) is 26.2 Å². The van der Waals surface area contributed by atoms with Crippen molar-refractivity contribution in [3.05, 3.63) is 33.8 Å². The molecule has 1 aromatic carbocycles. The molecule has 1 aromatic rings. The quantitative estimate of drug-likeness (QED) is 0.867. The van der Waals surface area contributed by atoms with Gasteiger partial charge >= 0.3 is 0 Å². The fraction of sp³-hybridized carbons (Fsp3) is 0.625. The van der Waals surface area contributed by atoms with E-state index < -0.39 is 0 Å². The Labute approximate surface area is 132 Å². The molecule has 0 aliphatic carbocycles. The summed E-state index contributed by atoms with van der Waals surface area (Å²) in [5.74, 6) is 0.826. The first-order chi connectivity index (χ1) is 9.61. The minimum Gasteiger partial charge on any atom is -0.317 e. The van der Waals surface area contributed by atoms with E-state index in [1.807, 2.05) is 12.1 Å². The SMILES string of the molecule is CCNCC1CCN(C(C)c2ccc(Cl)c(Cl)c2)CC1. The Hall–Kier alpha value is -0.280. The molecular weight excluding hydrogens is 291 g/mol. The zero-order chi connectivity index (χ0) is 14.5. The molecule has 1 unspecified atom stereocenters. The Kier molecular flexibility index (Phi) is 6.16. The average Bonchev–Trinajstić information content (AvgIpc) is 2.48. The van der Waals surface area contributed by atoms with Crippen LogP contribution in [-0.2, 0) is 0 Å². The summed E-state index contributed by atoms with van der Waals surface area (Å²) in [6.07, 6.45) is 2.55. The lowest BCUT2D eigenvalue weighted by atomic mass is 9.94. The molecule has 1 aliphatic rings. The molecule has 1 aliphatic heterocycles. The Morgan fingerprint density at radius 1 is 1.25 bits per heavy atom. The molecule has 0 aromatic heterocycles. The fourth-order valence-electron chi connectivity index (χ4n) is 2.88. The van der Waals surface area contributed by atoms with Gasteiger partial charge in [0.1, 0.15) is 0 Å². The number of likely N-dealkylation sites (tertiary alicyclic amines) is 1. The van der Waals surface area contributed by atoms with E-state index in [4.69, 9.17) is 23.2 Å². The number of hydrogen-bond donors (Lipinski definition) is 1. The Morgan fingerprint density at radius 3 is 2.55 bits per heavy atom. The first-order valence-corrected chi connectivity index (χ1v) is 8.27. The van der Waals surface area contributed by atoms with E-state index in [1.165, 1.54) is 18.4 Å². The highest BCUT2D eigenvalue weighted by Gasteiger charge is 2.23. The summed E-state index contributed by atoms with van der Waals surface area (Å²) in [4.78, 5) is 2.54. The van der Waals surface area contributed by atoms with Gasteiger partial charge < -0.3 is 5.32 Å². The molecule has 112 valence electrons. The Balaban J connectivity index is 1.91. The maximum absolute atomic E-state index is 6.12. The van der Waals surface area contributed by atoms with Crippen LogP contribution in [0.1, 0.15) is 38.3 Å². The molecule has 1 saturated heterocycles. The van der Waals surface area contributed by atoms with Crippen molar-refractivity contribution < 1.29 is 0 Å². The van der Waals surface area contributed by atoms with Gasteiger partial charge in [0.05, 0.1) is 10.0 Å². The molecule has 1 fully saturated rings. The van der Waals surface area contributed by atoms with E-state index in [1.54, 1.807) is 0 Å². The largest absolute Gasteiger partial charge is 0.317 e. The summed E-state index contributed by atoms with van der Waals surface area (Å²) >= 11 is 12.1. The van der Waals surface area contributed by atoms with Crippen LogP contribution in [0.4, 0.5) is 0 Å². The first kappa shape index (κ1) is 16.1. The minimum absolute atomic E-state index is 0.407. The van der Waals surface area contributed by atoms with Crippen molar-refractivity contribution >= 4 is 23.2 Å². The minimum atomic E-state index is 0.407. The smallest absolute Gasteiger partial charge is 0.0595 e. The van der Waals surface area contributed by atoms with Gasteiger partial charge in [0.15, 0.2) is 0 Å². The number of hydrogen-bond acceptors (Lipinski definition) is 2. The molecule has 0 amide bonds. The van der Waals surface area contributed by atoms with Crippen molar-refractivity contribution in [3.8, 4) is 0 Å². The summed E-state index contributed by atoms with van der Waals surface area (Å²) in [5.41, 5.74) is 1.25. The van der Waals surface area contributed by atoms with Crippen LogP contribution in [0.5, 0.6) is 0 Å². The van der Waals surface area contributed by atoms with Crippen molar-refractivity contribution in [2.24, 2.45) is 5.92 Å². The normalized spacial score (nSPS) is 19.2. The van der Waals surface area contributed by atoms with E-state index in [2.05, 4.69) is 30.1 Å². The number of piperidine rings is 1. The molecule has 0 radical (unpaired) electrons. The summed E-state index contributed by atoms with van der Waals surface area (Å²) in [6, 6.07) is 6.39. The predicted octanol–water partition coefficient (Wildman–Crippen LogP) is 4.38. The van der Waals surface area contributed by atoms with E-state index in [-0.39, 0.29) is 0 Å². The number of rotatable bonds is 5. The van der Waals surface area contributed by atoms with Gasteiger partial charge in [-0.25, -0.2) is 0 Å². The third-order valence-electron chi connectivity index (χ3n) is 4.31. The maximum Gasteiger partial charge on any atom is 0.0595 e. The van der Waals surface area contributed by atoms with Gasteiger partial charge in [0.25, 0.3) is 0 Å². The van der Waals surface area contributed by atoms with Gasteiger partial charge in [0.2, 0.25) is 0 Å². The average molecular weight is 315 g/mol.